The number of hydrogen-bond acceptors (Lipinski definition) is 2. The maximum absolute atomic E-state index is 11.4. The van der Waals surface area contributed by atoms with Crippen molar-refractivity contribution in [3.63, 3.8) is 0 Å². The molecule has 0 saturated carbocycles. The lowest BCUT2D eigenvalue weighted by Gasteiger charge is -2.07. The first-order valence-corrected chi connectivity index (χ1v) is 6.40. The largest absolute Gasteiger partial charge is 0.465 e. The van der Waals surface area contributed by atoms with E-state index in [0.717, 1.165) is 11.1 Å². The predicted octanol–water partition coefficient (Wildman–Crippen LogP) is 4.26. The van der Waals surface area contributed by atoms with Gasteiger partial charge in [-0.3, -0.25) is 0 Å². The first-order valence-electron chi connectivity index (χ1n) is 6.40. The van der Waals surface area contributed by atoms with Crippen molar-refractivity contribution in [3.8, 4) is 11.1 Å². The van der Waals surface area contributed by atoms with Crippen LogP contribution in [0, 0.1) is 0 Å². The quantitative estimate of drug-likeness (QED) is 0.765. The zero-order valence-electron chi connectivity index (χ0n) is 11.5. The third-order valence-corrected chi connectivity index (χ3v) is 3.22. The van der Waals surface area contributed by atoms with Crippen LogP contribution < -0.4 is 0 Å². The van der Waals surface area contributed by atoms with Crippen molar-refractivity contribution >= 4 is 5.97 Å². The average molecular weight is 254 g/mol. The molecule has 98 valence electrons. The van der Waals surface area contributed by atoms with E-state index in [1.807, 2.05) is 12.1 Å². The highest BCUT2D eigenvalue weighted by Crippen LogP contribution is 2.23. The van der Waals surface area contributed by atoms with Crippen LogP contribution in [0.1, 0.15) is 35.7 Å². The summed E-state index contributed by atoms with van der Waals surface area (Å²) in [5.41, 5.74) is 4.16. The van der Waals surface area contributed by atoms with Gasteiger partial charge in [0.05, 0.1) is 12.7 Å². The Morgan fingerprint density at radius 1 is 0.895 bits per heavy atom. The molecule has 0 bridgehead atoms. The molecule has 0 aromatic heterocycles. The summed E-state index contributed by atoms with van der Waals surface area (Å²) in [7, 11) is 1.39. The van der Waals surface area contributed by atoms with Crippen LogP contribution in [-0.2, 0) is 4.74 Å². The van der Waals surface area contributed by atoms with E-state index in [-0.39, 0.29) is 5.97 Å². The van der Waals surface area contributed by atoms with Gasteiger partial charge in [0, 0.05) is 0 Å². The molecule has 0 aliphatic carbocycles. The second-order valence-corrected chi connectivity index (χ2v) is 4.85. The van der Waals surface area contributed by atoms with Crippen molar-refractivity contribution in [2.75, 3.05) is 7.11 Å². The van der Waals surface area contributed by atoms with E-state index in [1.54, 1.807) is 12.1 Å². The van der Waals surface area contributed by atoms with Crippen LogP contribution in [0.4, 0.5) is 0 Å². The number of hydrogen-bond donors (Lipinski definition) is 0. The van der Waals surface area contributed by atoms with E-state index in [1.165, 1.54) is 12.7 Å². The number of carbonyl (C=O) groups is 1. The fourth-order valence-corrected chi connectivity index (χ4v) is 1.98. The van der Waals surface area contributed by atoms with Crippen molar-refractivity contribution < 1.29 is 9.53 Å². The van der Waals surface area contributed by atoms with Crippen LogP contribution in [0.2, 0.25) is 0 Å². The molecule has 0 aliphatic heterocycles. The second kappa shape index (κ2) is 5.70. The Bertz CT molecular complexity index is 551. The Morgan fingerprint density at radius 3 is 1.79 bits per heavy atom. The van der Waals surface area contributed by atoms with Crippen molar-refractivity contribution in [2.24, 2.45) is 0 Å². The van der Waals surface area contributed by atoms with Crippen LogP contribution in [-0.4, -0.2) is 13.1 Å². The Balaban J connectivity index is 2.24. The summed E-state index contributed by atoms with van der Waals surface area (Å²) in [5.74, 6) is 0.234. The molecule has 2 aromatic rings. The summed E-state index contributed by atoms with van der Waals surface area (Å²) >= 11 is 0. The summed E-state index contributed by atoms with van der Waals surface area (Å²) in [5, 5.41) is 0. The van der Waals surface area contributed by atoms with Crippen molar-refractivity contribution in [3.05, 3.63) is 59.7 Å². The van der Waals surface area contributed by atoms with Gasteiger partial charge in [0.25, 0.3) is 0 Å². The minimum absolute atomic E-state index is 0.304. The second-order valence-electron chi connectivity index (χ2n) is 4.85. The highest BCUT2D eigenvalue weighted by Gasteiger charge is 2.05. The van der Waals surface area contributed by atoms with E-state index in [4.69, 9.17) is 0 Å². The molecule has 0 atom stereocenters. The van der Waals surface area contributed by atoms with Gasteiger partial charge in [0.1, 0.15) is 0 Å². The zero-order chi connectivity index (χ0) is 13.8. The molecule has 0 fully saturated rings. The van der Waals surface area contributed by atoms with Gasteiger partial charge in [-0.15, -0.1) is 0 Å². The lowest BCUT2D eigenvalue weighted by Crippen LogP contribution is -2.00. The van der Waals surface area contributed by atoms with E-state index in [2.05, 4.69) is 42.8 Å². The Morgan fingerprint density at radius 2 is 1.37 bits per heavy atom. The molecule has 0 heterocycles. The Kier molecular flexibility index (Phi) is 4.00. The molecule has 0 unspecified atom stereocenters. The van der Waals surface area contributed by atoms with Gasteiger partial charge < -0.3 is 4.74 Å². The molecule has 0 aliphatic rings. The van der Waals surface area contributed by atoms with Crippen LogP contribution in [0.15, 0.2) is 48.5 Å². The fraction of sp³-hybridized carbons (Fsp3) is 0.235. The van der Waals surface area contributed by atoms with Gasteiger partial charge in [-0.1, -0.05) is 50.2 Å². The van der Waals surface area contributed by atoms with Gasteiger partial charge in [-0.05, 0) is 34.7 Å². The molecule has 2 rings (SSSR count). The van der Waals surface area contributed by atoms with Crippen molar-refractivity contribution in [2.45, 2.75) is 19.8 Å². The molecule has 19 heavy (non-hydrogen) atoms. The Hall–Kier alpha value is -2.09. The summed E-state index contributed by atoms with van der Waals surface area (Å²) in [6.45, 7) is 4.36. The number of methoxy groups -OCH3 is 1. The SMILES string of the molecule is COC(=O)c1ccc(-c2ccc(C(C)C)cc2)cc1. The molecule has 2 nitrogen and oxygen atoms in total. The highest BCUT2D eigenvalue weighted by atomic mass is 16.5. The Labute approximate surface area is 114 Å². The van der Waals surface area contributed by atoms with E-state index < -0.39 is 0 Å². The molecule has 0 saturated heterocycles. The van der Waals surface area contributed by atoms with Crippen LogP contribution in [0.25, 0.3) is 11.1 Å². The third-order valence-electron chi connectivity index (χ3n) is 3.22. The highest BCUT2D eigenvalue weighted by molar-refractivity contribution is 5.89. The molecule has 0 amide bonds. The summed E-state index contributed by atoms with van der Waals surface area (Å²) in [6.07, 6.45) is 0. The molecule has 2 heteroatoms. The van der Waals surface area contributed by atoms with E-state index >= 15 is 0 Å². The number of carbonyl (C=O) groups excluding carboxylic acids is 1. The van der Waals surface area contributed by atoms with Crippen LogP contribution in [0.5, 0.6) is 0 Å². The van der Waals surface area contributed by atoms with E-state index in [9.17, 15) is 4.79 Å². The zero-order valence-corrected chi connectivity index (χ0v) is 11.5. The van der Waals surface area contributed by atoms with Gasteiger partial charge in [0.15, 0.2) is 0 Å². The van der Waals surface area contributed by atoms with Crippen LogP contribution >= 0.6 is 0 Å². The molecule has 2 aromatic carbocycles. The predicted molar refractivity (Wildman–Crippen MR) is 77.3 cm³/mol. The third kappa shape index (κ3) is 3.02. The molecular formula is C17H18O2. The maximum Gasteiger partial charge on any atom is 0.337 e. The maximum atomic E-state index is 11.4. The molecular weight excluding hydrogens is 236 g/mol. The van der Waals surface area contributed by atoms with Gasteiger partial charge in [0.2, 0.25) is 0 Å². The monoisotopic (exact) mass is 254 g/mol. The average Bonchev–Trinajstić information content (AvgIpc) is 2.46. The molecule has 0 radical (unpaired) electrons. The molecule has 0 spiro atoms. The van der Waals surface area contributed by atoms with Gasteiger partial charge in [-0.2, -0.15) is 0 Å². The van der Waals surface area contributed by atoms with Crippen molar-refractivity contribution in [1.82, 2.24) is 0 Å². The number of ether oxygens (including phenoxy) is 1. The summed E-state index contributed by atoms with van der Waals surface area (Å²) in [6, 6.07) is 16.0. The van der Waals surface area contributed by atoms with Gasteiger partial charge >= 0.3 is 5.97 Å². The first-order chi connectivity index (χ1) is 9.11. The minimum Gasteiger partial charge on any atom is -0.465 e. The van der Waals surface area contributed by atoms with Crippen molar-refractivity contribution in [1.29, 1.82) is 0 Å². The van der Waals surface area contributed by atoms with Gasteiger partial charge in [-0.25, -0.2) is 4.79 Å². The summed E-state index contributed by atoms with van der Waals surface area (Å²) in [4.78, 5) is 11.4. The first kappa shape index (κ1) is 13.3. The topological polar surface area (TPSA) is 26.3 Å². The number of esters is 1. The summed E-state index contributed by atoms with van der Waals surface area (Å²) < 4.78 is 4.68. The van der Waals surface area contributed by atoms with E-state index in [0.29, 0.717) is 11.5 Å². The standard InChI is InChI=1S/C17H18O2/c1-12(2)13-4-6-14(7-5-13)15-8-10-16(11-9-15)17(18)19-3/h4-12H,1-3H3. The van der Waals surface area contributed by atoms with Crippen LogP contribution in [0.3, 0.4) is 0 Å². The lowest BCUT2D eigenvalue weighted by molar-refractivity contribution is 0.0601. The number of rotatable bonds is 3. The molecule has 0 N–H and O–H groups in total. The smallest absolute Gasteiger partial charge is 0.337 e. The minimum atomic E-state index is -0.304. The lowest BCUT2D eigenvalue weighted by atomic mass is 9.98. The fourth-order valence-electron chi connectivity index (χ4n) is 1.98. The number of benzene rings is 2. The normalized spacial score (nSPS) is 10.5.